The van der Waals surface area contributed by atoms with E-state index in [0.29, 0.717) is 6.61 Å². The number of rotatable bonds is 3. The molecule has 1 aliphatic rings. The maximum atomic E-state index is 9.72. The Kier molecular flexibility index (Phi) is 3.79. The van der Waals surface area contributed by atoms with Crippen LogP contribution in [0.1, 0.15) is 24.1 Å². The van der Waals surface area contributed by atoms with Crippen LogP contribution in [0.15, 0.2) is 18.3 Å². The summed E-state index contributed by atoms with van der Waals surface area (Å²) in [6, 6.07) is 4.21. The van der Waals surface area contributed by atoms with Crippen molar-refractivity contribution in [2.75, 3.05) is 26.7 Å². The first kappa shape index (κ1) is 12.5. The van der Waals surface area contributed by atoms with E-state index in [1.807, 2.05) is 13.1 Å². The second-order valence-corrected chi connectivity index (χ2v) is 5.44. The van der Waals surface area contributed by atoms with Crippen LogP contribution < -0.4 is 0 Å². The summed E-state index contributed by atoms with van der Waals surface area (Å²) >= 11 is 0. The zero-order chi connectivity index (χ0) is 12.3. The first-order valence-electron chi connectivity index (χ1n) is 6.34. The summed E-state index contributed by atoms with van der Waals surface area (Å²) in [6.45, 7) is 4.49. The average Bonchev–Trinajstić information content (AvgIpc) is 2.33. The Hall–Kier alpha value is -0.930. The fraction of sp³-hybridized carbons (Fsp3) is 0.643. The van der Waals surface area contributed by atoms with E-state index in [9.17, 15) is 5.11 Å². The van der Waals surface area contributed by atoms with Gasteiger partial charge in [-0.25, -0.2) is 0 Å². The van der Waals surface area contributed by atoms with E-state index in [1.165, 1.54) is 5.56 Å². The fourth-order valence-corrected chi connectivity index (χ4v) is 2.63. The Morgan fingerprint density at radius 1 is 1.41 bits per heavy atom. The normalized spacial score (nSPS) is 20.4. The van der Waals surface area contributed by atoms with Crippen LogP contribution >= 0.6 is 0 Å². The van der Waals surface area contributed by atoms with Crippen molar-refractivity contribution in [2.45, 2.75) is 26.2 Å². The molecule has 1 N–H and O–H groups in total. The van der Waals surface area contributed by atoms with Crippen molar-refractivity contribution >= 4 is 0 Å². The monoisotopic (exact) mass is 234 g/mol. The van der Waals surface area contributed by atoms with Gasteiger partial charge >= 0.3 is 0 Å². The second-order valence-electron chi connectivity index (χ2n) is 5.44. The first-order chi connectivity index (χ1) is 8.13. The topological polar surface area (TPSA) is 36.4 Å². The summed E-state index contributed by atoms with van der Waals surface area (Å²) in [7, 11) is 2.15. The predicted molar refractivity (Wildman–Crippen MR) is 68.9 cm³/mol. The highest BCUT2D eigenvalue weighted by molar-refractivity contribution is 5.17. The van der Waals surface area contributed by atoms with Gasteiger partial charge in [0, 0.05) is 18.5 Å². The van der Waals surface area contributed by atoms with Crippen molar-refractivity contribution in [3.63, 3.8) is 0 Å². The van der Waals surface area contributed by atoms with Crippen molar-refractivity contribution < 1.29 is 5.11 Å². The zero-order valence-corrected chi connectivity index (χ0v) is 10.8. The molecule has 0 spiro atoms. The van der Waals surface area contributed by atoms with Crippen LogP contribution in [0.5, 0.6) is 0 Å². The first-order valence-corrected chi connectivity index (χ1v) is 6.34. The standard InChI is InChI=1S/C14H22N2O/c1-12-9-13(3-6-15-12)10-14(11-17)4-7-16(2)8-5-14/h3,6,9,17H,4-5,7-8,10-11H2,1-2H3. The molecular formula is C14H22N2O. The molecule has 0 atom stereocenters. The molecule has 0 saturated carbocycles. The van der Waals surface area contributed by atoms with E-state index in [4.69, 9.17) is 0 Å². The largest absolute Gasteiger partial charge is 0.396 e. The lowest BCUT2D eigenvalue weighted by Gasteiger charge is -2.39. The maximum absolute atomic E-state index is 9.72. The van der Waals surface area contributed by atoms with Crippen LogP contribution in [0.3, 0.4) is 0 Å². The second kappa shape index (κ2) is 5.15. The lowest BCUT2D eigenvalue weighted by molar-refractivity contribution is 0.0532. The molecule has 3 heteroatoms. The molecular weight excluding hydrogens is 212 g/mol. The van der Waals surface area contributed by atoms with Gasteiger partial charge in [0.25, 0.3) is 0 Å². The average molecular weight is 234 g/mol. The van der Waals surface area contributed by atoms with Gasteiger partial charge in [-0.1, -0.05) is 0 Å². The van der Waals surface area contributed by atoms with Crippen molar-refractivity contribution in [2.24, 2.45) is 5.41 Å². The lowest BCUT2D eigenvalue weighted by atomic mass is 9.74. The van der Waals surface area contributed by atoms with E-state index < -0.39 is 0 Å². The Bertz CT molecular complexity index is 370. The molecule has 3 nitrogen and oxygen atoms in total. The Morgan fingerprint density at radius 3 is 2.71 bits per heavy atom. The summed E-state index contributed by atoms with van der Waals surface area (Å²) in [4.78, 5) is 6.56. The van der Waals surface area contributed by atoms with Crippen LogP contribution in [-0.4, -0.2) is 41.7 Å². The van der Waals surface area contributed by atoms with Crippen molar-refractivity contribution in [3.05, 3.63) is 29.6 Å². The Labute approximate surface area is 103 Å². The van der Waals surface area contributed by atoms with Crippen LogP contribution in [0.4, 0.5) is 0 Å². The molecule has 94 valence electrons. The molecule has 17 heavy (non-hydrogen) atoms. The molecule has 2 rings (SSSR count). The summed E-state index contributed by atoms with van der Waals surface area (Å²) in [5.41, 5.74) is 2.44. The fourth-order valence-electron chi connectivity index (χ4n) is 2.63. The van der Waals surface area contributed by atoms with Gasteiger partial charge in [-0.2, -0.15) is 0 Å². The number of hydrogen-bond donors (Lipinski definition) is 1. The molecule has 0 amide bonds. The highest BCUT2D eigenvalue weighted by Crippen LogP contribution is 2.34. The molecule has 1 aromatic heterocycles. The number of aliphatic hydroxyl groups is 1. The third kappa shape index (κ3) is 3.05. The molecule has 1 saturated heterocycles. The van der Waals surface area contributed by atoms with Gasteiger partial charge in [0.1, 0.15) is 0 Å². The molecule has 2 heterocycles. The molecule has 0 radical (unpaired) electrons. The quantitative estimate of drug-likeness (QED) is 0.863. The van der Waals surface area contributed by atoms with Crippen LogP contribution in [0, 0.1) is 12.3 Å². The van der Waals surface area contributed by atoms with Crippen LogP contribution in [0.25, 0.3) is 0 Å². The number of nitrogens with zero attached hydrogens (tertiary/aromatic N) is 2. The molecule has 1 fully saturated rings. The summed E-state index contributed by atoms with van der Waals surface area (Å²) < 4.78 is 0. The van der Waals surface area contributed by atoms with Gasteiger partial charge < -0.3 is 10.0 Å². The Balaban J connectivity index is 2.09. The molecule has 1 aliphatic heterocycles. The molecule has 1 aromatic rings. The minimum absolute atomic E-state index is 0.0836. The number of aromatic nitrogens is 1. The maximum Gasteiger partial charge on any atom is 0.0491 e. The van der Waals surface area contributed by atoms with Crippen molar-refractivity contribution in [3.8, 4) is 0 Å². The van der Waals surface area contributed by atoms with E-state index in [-0.39, 0.29) is 5.41 Å². The van der Waals surface area contributed by atoms with E-state index in [0.717, 1.165) is 38.0 Å². The third-order valence-electron chi connectivity index (χ3n) is 3.92. The number of hydrogen-bond acceptors (Lipinski definition) is 3. The van der Waals surface area contributed by atoms with Crippen LogP contribution in [-0.2, 0) is 6.42 Å². The number of aryl methyl sites for hydroxylation is 1. The highest BCUT2D eigenvalue weighted by Gasteiger charge is 2.33. The van der Waals surface area contributed by atoms with Crippen molar-refractivity contribution in [1.82, 2.24) is 9.88 Å². The predicted octanol–water partition coefficient (Wildman–Crippen LogP) is 1.64. The van der Waals surface area contributed by atoms with Crippen LogP contribution in [0.2, 0.25) is 0 Å². The minimum Gasteiger partial charge on any atom is -0.396 e. The number of pyridine rings is 1. The number of piperidine rings is 1. The highest BCUT2D eigenvalue weighted by atomic mass is 16.3. The van der Waals surface area contributed by atoms with E-state index in [1.54, 1.807) is 0 Å². The summed E-state index contributed by atoms with van der Waals surface area (Å²) in [5.74, 6) is 0. The molecule has 0 bridgehead atoms. The van der Waals surface area contributed by atoms with Gasteiger partial charge in [0.2, 0.25) is 0 Å². The summed E-state index contributed by atoms with van der Waals surface area (Å²) in [6.07, 6.45) is 5.01. The van der Waals surface area contributed by atoms with Gasteiger partial charge in [-0.3, -0.25) is 4.98 Å². The molecule has 0 unspecified atom stereocenters. The Morgan fingerprint density at radius 2 is 2.12 bits per heavy atom. The SMILES string of the molecule is Cc1cc(CC2(CO)CCN(C)CC2)ccn1. The van der Waals surface area contributed by atoms with Gasteiger partial charge in [-0.05, 0) is 69.4 Å². The van der Waals surface area contributed by atoms with Crippen molar-refractivity contribution in [1.29, 1.82) is 0 Å². The summed E-state index contributed by atoms with van der Waals surface area (Å²) in [5, 5.41) is 9.72. The van der Waals surface area contributed by atoms with Gasteiger partial charge in [0.05, 0.1) is 0 Å². The third-order valence-corrected chi connectivity index (χ3v) is 3.92. The minimum atomic E-state index is 0.0836. The molecule has 0 aliphatic carbocycles. The van der Waals surface area contributed by atoms with Gasteiger partial charge in [-0.15, -0.1) is 0 Å². The van der Waals surface area contributed by atoms with E-state index >= 15 is 0 Å². The zero-order valence-electron chi connectivity index (χ0n) is 10.8. The number of aliphatic hydroxyl groups excluding tert-OH is 1. The smallest absolute Gasteiger partial charge is 0.0491 e. The van der Waals surface area contributed by atoms with E-state index in [2.05, 4.69) is 29.1 Å². The van der Waals surface area contributed by atoms with Gasteiger partial charge in [0.15, 0.2) is 0 Å². The molecule has 0 aromatic carbocycles. The lowest BCUT2D eigenvalue weighted by Crippen LogP contribution is -2.41. The number of likely N-dealkylation sites (tertiary alicyclic amines) is 1.